The van der Waals surface area contributed by atoms with Crippen LogP contribution < -0.4 is 4.90 Å². The molecule has 1 amide bonds. The van der Waals surface area contributed by atoms with Crippen molar-refractivity contribution in [2.45, 2.75) is 38.9 Å². The molecule has 2 aliphatic rings. The number of pyridine rings is 1. The number of carbonyl (C=O) groups excluding carboxylic acids is 1. The second-order valence-corrected chi connectivity index (χ2v) is 10.2. The lowest BCUT2D eigenvalue weighted by Crippen LogP contribution is -2.58. The van der Waals surface area contributed by atoms with E-state index in [1.807, 2.05) is 35.2 Å². The molecule has 1 saturated heterocycles. The number of nitrogens with zero attached hydrogens (tertiary/aromatic N) is 6. The van der Waals surface area contributed by atoms with Crippen LogP contribution in [0.25, 0.3) is 10.6 Å². The van der Waals surface area contributed by atoms with Crippen LogP contribution in [-0.2, 0) is 17.8 Å². The quantitative estimate of drug-likeness (QED) is 0.578. The molecule has 0 unspecified atom stereocenters. The number of hydrogen-bond acceptors (Lipinski definition) is 7. The molecule has 2 aromatic heterocycles. The van der Waals surface area contributed by atoms with Crippen molar-refractivity contribution in [2.24, 2.45) is 0 Å². The molecule has 3 aromatic rings. The monoisotopic (exact) mass is 472 g/mol. The average Bonchev–Trinajstić information content (AvgIpc) is 3.30. The number of fused-ring (bicyclic) bond motifs is 1. The van der Waals surface area contributed by atoms with Crippen molar-refractivity contribution >= 4 is 23.1 Å². The largest absolute Gasteiger partial charge is 0.351 e. The van der Waals surface area contributed by atoms with Crippen molar-refractivity contribution in [2.75, 3.05) is 31.1 Å². The van der Waals surface area contributed by atoms with Crippen LogP contribution in [-0.4, -0.2) is 63.9 Å². The van der Waals surface area contributed by atoms with Gasteiger partial charge < -0.3 is 9.80 Å². The Hall–Kier alpha value is -3.28. The number of aromatic nitrogens is 2. The number of anilines is 1. The van der Waals surface area contributed by atoms with E-state index in [0.29, 0.717) is 18.7 Å². The Balaban J connectivity index is 1.21. The highest BCUT2D eigenvalue weighted by Crippen LogP contribution is 2.32. The number of carbonyl (C=O) groups is 1. The van der Waals surface area contributed by atoms with Crippen molar-refractivity contribution in [3.63, 3.8) is 0 Å². The zero-order chi connectivity index (χ0) is 23.7. The second-order valence-electron chi connectivity index (χ2n) is 9.12. The van der Waals surface area contributed by atoms with E-state index in [1.54, 1.807) is 17.5 Å². The van der Waals surface area contributed by atoms with Crippen LogP contribution in [0.4, 0.5) is 5.82 Å². The Morgan fingerprint density at radius 1 is 1.15 bits per heavy atom. The summed E-state index contributed by atoms with van der Waals surface area (Å²) in [4.78, 5) is 30.3. The number of benzene rings is 1. The van der Waals surface area contributed by atoms with Gasteiger partial charge in [-0.2, -0.15) is 5.26 Å². The van der Waals surface area contributed by atoms with Crippen LogP contribution in [0.15, 0.2) is 48.7 Å². The maximum atomic E-state index is 13.2. The highest BCUT2D eigenvalue weighted by atomic mass is 32.1. The summed E-state index contributed by atoms with van der Waals surface area (Å²) in [7, 11) is 0. The molecule has 1 fully saturated rings. The van der Waals surface area contributed by atoms with Gasteiger partial charge in [0.05, 0.1) is 24.3 Å². The van der Waals surface area contributed by atoms with Gasteiger partial charge in [0.15, 0.2) is 0 Å². The maximum absolute atomic E-state index is 13.2. The van der Waals surface area contributed by atoms with Gasteiger partial charge in [-0.15, -0.1) is 11.3 Å². The van der Waals surface area contributed by atoms with Crippen molar-refractivity contribution in [1.82, 2.24) is 19.8 Å². The SMILES string of the molecule is C[C@@H]1CN(CC(=O)N2CCc3nc(-c4ccccc4)sc3C2)[C@@H](C)CN1c1ccc(C#N)cn1. The van der Waals surface area contributed by atoms with Crippen LogP contribution >= 0.6 is 11.3 Å². The Kier molecular flexibility index (Phi) is 6.31. The third kappa shape index (κ3) is 4.54. The van der Waals surface area contributed by atoms with Crippen LogP contribution in [0.3, 0.4) is 0 Å². The van der Waals surface area contributed by atoms with Gasteiger partial charge in [0, 0.05) is 54.8 Å². The van der Waals surface area contributed by atoms with Gasteiger partial charge in [-0.1, -0.05) is 30.3 Å². The van der Waals surface area contributed by atoms with Crippen LogP contribution in [0.2, 0.25) is 0 Å². The molecular formula is C26H28N6OS. The first-order chi connectivity index (χ1) is 16.5. The minimum Gasteiger partial charge on any atom is -0.351 e. The predicted octanol–water partition coefficient (Wildman–Crippen LogP) is 3.56. The van der Waals surface area contributed by atoms with Gasteiger partial charge in [0.1, 0.15) is 16.9 Å². The molecule has 174 valence electrons. The lowest BCUT2D eigenvalue weighted by Gasteiger charge is -2.45. The molecule has 0 aliphatic carbocycles. The number of hydrogen-bond donors (Lipinski definition) is 0. The summed E-state index contributed by atoms with van der Waals surface area (Å²) in [5, 5.41) is 10.1. The molecule has 7 nitrogen and oxygen atoms in total. The van der Waals surface area contributed by atoms with E-state index in [1.165, 1.54) is 4.88 Å². The lowest BCUT2D eigenvalue weighted by atomic mass is 10.1. The van der Waals surface area contributed by atoms with Gasteiger partial charge in [0.25, 0.3) is 0 Å². The molecule has 2 atom stereocenters. The highest BCUT2D eigenvalue weighted by molar-refractivity contribution is 7.15. The van der Waals surface area contributed by atoms with Gasteiger partial charge in [-0.3, -0.25) is 9.69 Å². The highest BCUT2D eigenvalue weighted by Gasteiger charge is 2.33. The van der Waals surface area contributed by atoms with Gasteiger partial charge in [-0.25, -0.2) is 9.97 Å². The van der Waals surface area contributed by atoms with E-state index >= 15 is 0 Å². The molecular weight excluding hydrogens is 444 g/mol. The molecule has 0 spiro atoms. The van der Waals surface area contributed by atoms with Gasteiger partial charge in [-0.05, 0) is 26.0 Å². The number of piperazine rings is 1. The van der Waals surface area contributed by atoms with Crippen LogP contribution in [0.5, 0.6) is 0 Å². The van der Waals surface area contributed by atoms with E-state index in [4.69, 9.17) is 10.2 Å². The third-order valence-corrected chi connectivity index (χ3v) is 7.86. The fraction of sp³-hybridized carbons (Fsp3) is 0.385. The van der Waals surface area contributed by atoms with Crippen LogP contribution in [0.1, 0.15) is 30.0 Å². The van der Waals surface area contributed by atoms with Crippen LogP contribution in [0, 0.1) is 11.3 Å². The fourth-order valence-electron chi connectivity index (χ4n) is 4.75. The second kappa shape index (κ2) is 9.53. The number of amides is 1. The Bertz CT molecular complexity index is 1200. The molecule has 2 aliphatic heterocycles. The number of thiazole rings is 1. The summed E-state index contributed by atoms with van der Waals surface area (Å²) >= 11 is 1.70. The molecule has 0 N–H and O–H groups in total. The molecule has 0 radical (unpaired) electrons. The Labute approximate surface area is 204 Å². The van der Waals surface area contributed by atoms with Gasteiger partial charge >= 0.3 is 0 Å². The summed E-state index contributed by atoms with van der Waals surface area (Å²) < 4.78 is 0. The molecule has 5 rings (SSSR count). The van der Waals surface area contributed by atoms with E-state index in [2.05, 4.69) is 46.8 Å². The van der Waals surface area contributed by atoms with E-state index in [0.717, 1.165) is 48.1 Å². The summed E-state index contributed by atoms with van der Waals surface area (Å²) in [5.41, 5.74) is 2.84. The smallest absolute Gasteiger partial charge is 0.237 e. The molecule has 0 saturated carbocycles. The first kappa shape index (κ1) is 22.5. The molecule has 1 aromatic carbocycles. The van der Waals surface area contributed by atoms with Crippen molar-refractivity contribution in [3.05, 3.63) is 64.8 Å². The minimum atomic E-state index is 0.185. The summed E-state index contributed by atoms with van der Waals surface area (Å²) in [5.74, 6) is 1.07. The fourth-order valence-corrected chi connectivity index (χ4v) is 5.88. The third-order valence-electron chi connectivity index (χ3n) is 6.73. The summed E-state index contributed by atoms with van der Waals surface area (Å²) in [6.45, 7) is 7.73. The summed E-state index contributed by atoms with van der Waals surface area (Å²) in [6.07, 6.45) is 2.43. The topological polar surface area (TPSA) is 76.4 Å². The van der Waals surface area contributed by atoms with E-state index < -0.39 is 0 Å². The van der Waals surface area contributed by atoms with Crippen molar-refractivity contribution in [1.29, 1.82) is 5.26 Å². The minimum absolute atomic E-state index is 0.185. The first-order valence-electron chi connectivity index (χ1n) is 11.7. The summed E-state index contributed by atoms with van der Waals surface area (Å²) in [6, 6.07) is 16.5. The molecule has 4 heterocycles. The number of nitriles is 1. The van der Waals surface area contributed by atoms with E-state index in [9.17, 15) is 4.79 Å². The first-order valence-corrected chi connectivity index (χ1v) is 12.5. The Morgan fingerprint density at radius 3 is 2.71 bits per heavy atom. The standard InChI is InChI=1S/C26H28N6OS/c1-18-15-32(24-9-8-20(12-27)13-28-24)19(2)14-31(18)17-25(33)30-11-10-22-23(16-30)34-26(29-22)21-6-4-3-5-7-21/h3-9,13,18-19H,10-11,14-17H2,1-2H3/t18-,19+/m0/s1. The van der Waals surface area contributed by atoms with E-state index in [-0.39, 0.29) is 18.0 Å². The average molecular weight is 473 g/mol. The normalized spacial score (nSPS) is 20.6. The zero-order valence-corrected chi connectivity index (χ0v) is 20.3. The van der Waals surface area contributed by atoms with Crippen molar-refractivity contribution in [3.8, 4) is 16.6 Å². The number of rotatable bonds is 4. The molecule has 0 bridgehead atoms. The lowest BCUT2D eigenvalue weighted by molar-refractivity contribution is -0.134. The zero-order valence-electron chi connectivity index (χ0n) is 19.5. The predicted molar refractivity (Wildman–Crippen MR) is 133 cm³/mol. The maximum Gasteiger partial charge on any atom is 0.237 e. The van der Waals surface area contributed by atoms with Crippen molar-refractivity contribution < 1.29 is 4.79 Å². The molecule has 8 heteroatoms. The molecule has 34 heavy (non-hydrogen) atoms. The Morgan fingerprint density at radius 2 is 1.97 bits per heavy atom. The van der Waals surface area contributed by atoms with Gasteiger partial charge in [0.2, 0.25) is 5.91 Å².